The molecule has 0 atom stereocenters. The summed E-state index contributed by atoms with van der Waals surface area (Å²) in [6.45, 7) is 0. The molecule has 0 fully saturated rings. The average Bonchev–Trinajstić information content (AvgIpc) is 3.10. The highest BCUT2D eigenvalue weighted by Crippen LogP contribution is 2.29. The molecule has 7 heteroatoms. The SMILES string of the molecule is O=C(Nc1cccc(Cl)c1-n1ccnc1)c1ccc(Br)s1. The highest BCUT2D eigenvalue weighted by molar-refractivity contribution is 9.11. The topological polar surface area (TPSA) is 46.9 Å². The van der Waals surface area contributed by atoms with Crippen LogP contribution < -0.4 is 5.32 Å². The first-order chi connectivity index (χ1) is 10.1. The Balaban J connectivity index is 1.96. The Kier molecular flexibility index (Phi) is 4.10. The fourth-order valence-electron chi connectivity index (χ4n) is 1.89. The van der Waals surface area contributed by atoms with Crippen molar-refractivity contribution in [3.05, 3.63) is 62.7 Å². The summed E-state index contributed by atoms with van der Waals surface area (Å²) in [5.41, 5.74) is 1.33. The Morgan fingerprint density at radius 1 is 1.33 bits per heavy atom. The quantitative estimate of drug-likeness (QED) is 0.719. The highest BCUT2D eigenvalue weighted by Gasteiger charge is 2.14. The minimum Gasteiger partial charge on any atom is -0.319 e. The average molecular weight is 383 g/mol. The van der Waals surface area contributed by atoms with Crippen molar-refractivity contribution in [2.24, 2.45) is 0 Å². The molecule has 106 valence electrons. The van der Waals surface area contributed by atoms with E-state index in [1.165, 1.54) is 11.3 Å². The van der Waals surface area contributed by atoms with Crippen LogP contribution in [0.1, 0.15) is 9.67 Å². The lowest BCUT2D eigenvalue weighted by atomic mass is 10.2. The molecule has 0 saturated heterocycles. The largest absolute Gasteiger partial charge is 0.319 e. The summed E-state index contributed by atoms with van der Waals surface area (Å²) in [7, 11) is 0. The maximum absolute atomic E-state index is 12.3. The zero-order valence-electron chi connectivity index (χ0n) is 10.6. The number of hydrogen-bond donors (Lipinski definition) is 1. The molecule has 0 aliphatic heterocycles. The molecular weight excluding hydrogens is 374 g/mol. The molecule has 0 aliphatic rings. The Morgan fingerprint density at radius 3 is 2.86 bits per heavy atom. The van der Waals surface area contributed by atoms with E-state index in [1.807, 2.05) is 12.1 Å². The number of nitrogens with zero attached hydrogens (tertiary/aromatic N) is 2. The number of thiophene rings is 1. The molecule has 1 aromatic carbocycles. The summed E-state index contributed by atoms with van der Waals surface area (Å²) in [6.07, 6.45) is 5.07. The molecule has 3 aromatic rings. The molecule has 21 heavy (non-hydrogen) atoms. The first-order valence-electron chi connectivity index (χ1n) is 5.98. The second kappa shape index (κ2) is 6.01. The van der Waals surface area contributed by atoms with Crippen LogP contribution in [0.5, 0.6) is 0 Å². The van der Waals surface area contributed by atoms with E-state index in [0.29, 0.717) is 21.3 Å². The third-order valence-electron chi connectivity index (χ3n) is 2.79. The number of rotatable bonds is 3. The van der Waals surface area contributed by atoms with Crippen molar-refractivity contribution < 1.29 is 4.79 Å². The van der Waals surface area contributed by atoms with Gasteiger partial charge in [0.1, 0.15) is 0 Å². The fraction of sp³-hybridized carbons (Fsp3) is 0. The van der Waals surface area contributed by atoms with E-state index < -0.39 is 0 Å². The first-order valence-corrected chi connectivity index (χ1v) is 7.97. The van der Waals surface area contributed by atoms with E-state index in [-0.39, 0.29) is 5.91 Å². The van der Waals surface area contributed by atoms with Crippen LogP contribution in [-0.4, -0.2) is 15.5 Å². The van der Waals surface area contributed by atoms with Gasteiger partial charge in [-0.3, -0.25) is 4.79 Å². The molecule has 3 rings (SSSR count). The number of halogens is 2. The summed E-state index contributed by atoms with van der Waals surface area (Å²) >= 11 is 11.0. The second-order valence-corrected chi connectivity index (χ2v) is 7.03. The van der Waals surface area contributed by atoms with Crippen LogP contribution in [0.25, 0.3) is 5.69 Å². The summed E-state index contributed by atoms with van der Waals surface area (Å²) in [4.78, 5) is 16.9. The van der Waals surface area contributed by atoms with Crippen molar-refractivity contribution in [3.8, 4) is 5.69 Å². The summed E-state index contributed by atoms with van der Waals surface area (Å²) in [5.74, 6) is -0.172. The number of carbonyl (C=O) groups is 1. The number of nitrogens with one attached hydrogen (secondary N) is 1. The van der Waals surface area contributed by atoms with Gasteiger partial charge in [-0.15, -0.1) is 11.3 Å². The van der Waals surface area contributed by atoms with Gasteiger partial charge in [-0.25, -0.2) is 4.98 Å². The zero-order chi connectivity index (χ0) is 14.8. The number of amides is 1. The maximum atomic E-state index is 12.3. The minimum absolute atomic E-state index is 0.172. The van der Waals surface area contributed by atoms with Gasteiger partial charge in [0.05, 0.1) is 31.4 Å². The van der Waals surface area contributed by atoms with Crippen molar-refractivity contribution in [2.75, 3.05) is 5.32 Å². The summed E-state index contributed by atoms with van der Waals surface area (Å²) in [5, 5.41) is 3.43. The second-order valence-electron chi connectivity index (χ2n) is 4.16. The van der Waals surface area contributed by atoms with Crippen LogP contribution >= 0.6 is 38.9 Å². The molecule has 2 aromatic heterocycles. The van der Waals surface area contributed by atoms with Crippen LogP contribution in [0.3, 0.4) is 0 Å². The molecule has 1 amide bonds. The summed E-state index contributed by atoms with van der Waals surface area (Å²) in [6, 6.07) is 8.98. The van der Waals surface area contributed by atoms with Gasteiger partial charge in [0.2, 0.25) is 0 Å². The van der Waals surface area contributed by atoms with E-state index in [4.69, 9.17) is 11.6 Å². The van der Waals surface area contributed by atoms with Crippen LogP contribution in [0.15, 0.2) is 52.8 Å². The monoisotopic (exact) mass is 381 g/mol. The Bertz CT molecular complexity index is 785. The summed E-state index contributed by atoms with van der Waals surface area (Å²) < 4.78 is 2.68. The van der Waals surface area contributed by atoms with E-state index in [9.17, 15) is 4.79 Å². The van der Waals surface area contributed by atoms with Crippen molar-refractivity contribution in [3.63, 3.8) is 0 Å². The molecule has 0 unspecified atom stereocenters. The van der Waals surface area contributed by atoms with E-state index >= 15 is 0 Å². The highest BCUT2D eigenvalue weighted by atomic mass is 79.9. The van der Waals surface area contributed by atoms with Crippen LogP contribution in [0.4, 0.5) is 5.69 Å². The van der Waals surface area contributed by atoms with E-state index in [2.05, 4.69) is 26.2 Å². The van der Waals surface area contributed by atoms with E-state index in [0.717, 1.165) is 3.79 Å². The molecule has 0 spiro atoms. The Hall–Kier alpha value is -1.63. The minimum atomic E-state index is -0.172. The Labute approximate surface area is 138 Å². The lowest BCUT2D eigenvalue weighted by Crippen LogP contribution is -2.12. The number of para-hydroxylation sites is 1. The van der Waals surface area contributed by atoms with Crippen LogP contribution in [0.2, 0.25) is 5.02 Å². The lowest BCUT2D eigenvalue weighted by molar-refractivity contribution is 0.103. The van der Waals surface area contributed by atoms with Gasteiger partial charge in [-0.05, 0) is 40.2 Å². The number of hydrogen-bond acceptors (Lipinski definition) is 3. The van der Waals surface area contributed by atoms with Gasteiger partial charge in [0.15, 0.2) is 0 Å². The first kappa shape index (κ1) is 14.3. The molecule has 2 heterocycles. The third kappa shape index (κ3) is 3.02. The van der Waals surface area contributed by atoms with Gasteiger partial charge in [0.25, 0.3) is 5.91 Å². The predicted octanol–water partition coefficient (Wildman–Crippen LogP) is 4.60. The van der Waals surface area contributed by atoms with E-state index in [1.54, 1.807) is 41.5 Å². The van der Waals surface area contributed by atoms with Crippen molar-refractivity contribution in [1.29, 1.82) is 0 Å². The maximum Gasteiger partial charge on any atom is 0.265 e. The number of aromatic nitrogens is 2. The van der Waals surface area contributed by atoms with Gasteiger partial charge in [-0.2, -0.15) is 0 Å². The van der Waals surface area contributed by atoms with Crippen molar-refractivity contribution >= 4 is 50.5 Å². The van der Waals surface area contributed by atoms with Gasteiger partial charge < -0.3 is 9.88 Å². The Morgan fingerprint density at radius 2 is 2.19 bits per heavy atom. The molecule has 0 radical (unpaired) electrons. The third-order valence-corrected chi connectivity index (χ3v) is 4.72. The van der Waals surface area contributed by atoms with Gasteiger partial charge >= 0.3 is 0 Å². The predicted molar refractivity (Wildman–Crippen MR) is 88.5 cm³/mol. The fourth-order valence-corrected chi connectivity index (χ4v) is 3.44. The molecule has 0 saturated carbocycles. The molecule has 0 bridgehead atoms. The van der Waals surface area contributed by atoms with Gasteiger partial charge in [-0.1, -0.05) is 17.7 Å². The smallest absolute Gasteiger partial charge is 0.265 e. The lowest BCUT2D eigenvalue weighted by Gasteiger charge is -2.12. The van der Waals surface area contributed by atoms with Gasteiger partial charge in [0, 0.05) is 12.4 Å². The standard InChI is InChI=1S/C14H9BrClN3OS/c15-12-5-4-11(21-12)14(20)18-10-3-1-2-9(16)13(10)19-7-6-17-8-19/h1-8H,(H,18,20). The molecular formula is C14H9BrClN3OS. The number of imidazole rings is 1. The number of benzene rings is 1. The van der Waals surface area contributed by atoms with Crippen LogP contribution in [0, 0.1) is 0 Å². The van der Waals surface area contributed by atoms with Crippen molar-refractivity contribution in [1.82, 2.24) is 9.55 Å². The number of carbonyl (C=O) groups excluding carboxylic acids is 1. The normalized spacial score (nSPS) is 10.6. The molecule has 0 aliphatic carbocycles. The molecule has 1 N–H and O–H groups in total. The molecule has 4 nitrogen and oxygen atoms in total. The van der Waals surface area contributed by atoms with Crippen molar-refractivity contribution in [2.45, 2.75) is 0 Å². The number of anilines is 1. The van der Waals surface area contributed by atoms with Crippen LogP contribution in [-0.2, 0) is 0 Å². The zero-order valence-corrected chi connectivity index (χ0v) is 13.7.